The van der Waals surface area contributed by atoms with Gasteiger partial charge in [-0.3, -0.25) is 19.8 Å². The van der Waals surface area contributed by atoms with E-state index in [0.717, 1.165) is 12.8 Å². The van der Waals surface area contributed by atoms with Gasteiger partial charge in [-0.15, -0.1) is 0 Å². The van der Waals surface area contributed by atoms with Crippen molar-refractivity contribution in [3.63, 3.8) is 0 Å². The molecule has 0 radical (unpaired) electrons. The molecular formula is C11H16N2O3. The first-order valence-corrected chi connectivity index (χ1v) is 5.76. The van der Waals surface area contributed by atoms with Crippen LogP contribution in [0.4, 0.5) is 4.79 Å². The molecule has 1 heterocycles. The smallest absolute Gasteiger partial charge is 0.277 e. The van der Waals surface area contributed by atoms with Crippen molar-refractivity contribution in [1.82, 2.24) is 10.2 Å². The molecule has 1 saturated carbocycles. The minimum Gasteiger partial charge on any atom is -0.277 e. The van der Waals surface area contributed by atoms with Crippen molar-refractivity contribution in [3.8, 4) is 0 Å². The Labute approximate surface area is 94.2 Å². The van der Waals surface area contributed by atoms with E-state index in [2.05, 4.69) is 5.32 Å². The predicted molar refractivity (Wildman–Crippen MR) is 56.4 cm³/mol. The summed E-state index contributed by atoms with van der Waals surface area (Å²) in [6.07, 6.45) is 2.59. The first-order chi connectivity index (χ1) is 7.56. The van der Waals surface area contributed by atoms with Gasteiger partial charge in [0.05, 0.1) is 0 Å². The van der Waals surface area contributed by atoms with Gasteiger partial charge in [0.1, 0.15) is 5.41 Å². The van der Waals surface area contributed by atoms with Crippen molar-refractivity contribution >= 4 is 17.8 Å². The average Bonchev–Trinajstić information content (AvgIpc) is 3.03. The van der Waals surface area contributed by atoms with Crippen molar-refractivity contribution in [2.45, 2.75) is 45.6 Å². The fourth-order valence-corrected chi connectivity index (χ4v) is 2.25. The molecule has 0 bridgehead atoms. The quantitative estimate of drug-likeness (QED) is 0.728. The van der Waals surface area contributed by atoms with Crippen LogP contribution < -0.4 is 5.32 Å². The van der Waals surface area contributed by atoms with Crippen molar-refractivity contribution in [2.75, 3.05) is 0 Å². The molecule has 2 rings (SSSR count). The molecule has 2 fully saturated rings. The molecule has 0 aromatic carbocycles. The maximum absolute atomic E-state index is 12.1. The number of nitrogens with zero attached hydrogens (tertiary/aromatic N) is 1. The predicted octanol–water partition coefficient (Wildman–Crippen LogP) is 1.03. The molecular weight excluding hydrogens is 208 g/mol. The number of hydrogen-bond donors (Lipinski definition) is 1. The molecule has 5 nitrogen and oxygen atoms in total. The second-order valence-electron chi connectivity index (χ2n) is 4.49. The lowest BCUT2D eigenvalue weighted by molar-refractivity contribution is -0.146. The molecule has 88 valence electrons. The summed E-state index contributed by atoms with van der Waals surface area (Å²) in [4.78, 5) is 36.6. The van der Waals surface area contributed by atoms with Gasteiger partial charge in [0.2, 0.25) is 11.8 Å². The van der Waals surface area contributed by atoms with Crippen LogP contribution >= 0.6 is 0 Å². The summed E-state index contributed by atoms with van der Waals surface area (Å²) in [5, 5.41) is 2.29. The maximum atomic E-state index is 12.1. The van der Waals surface area contributed by atoms with Crippen LogP contribution in [-0.4, -0.2) is 28.8 Å². The molecule has 16 heavy (non-hydrogen) atoms. The van der Waals surface area contributed by atoms with Gasteiger partial charge in [0, 0.05) is 6.04 Å². The molecule has 1 N–H and O–H groups in total. The Morgan fingerprint density at radius 1 is 1.25 bits per heavy atom. The summed E-state index contributed by atoms with van der Waals surface area (Å²) in [5.74, 6) is -0.709. The molecule has 0 aromatic heterocycles. The first kappa shape index (κ1) is 11.1. The zero-order chi connectivity index (χ0) is 11.9. The SMILES string of the molecule is CCC(CC)N1C(=O)NC(=O)C2(CC2)C1=O. The minimum atomic E-state index is -0.906. The van der Waals surface area contributed by atoms with Gasteiger partial charge in [-0.05, 0) is 25.7 Å². The first-order valence-electron chi connectivity index (χ1n) is 5.76. The third-order valence-corrected chi connectivity index (χ3v) is 3.56. The van der Waals surface area contributed by atoms with E-state index >= 15 is 0 Å². The molecule has 0 atom stereocenters. The lowest BCUT2D eigenvalue weighted by Gasteiger charge is -2.35. The largest absolute Gasteiger partial charge is 0.331 e. The average molecular weight is 224 g/mol. The zero-order valence-corrected chi connectivity index (χ0v) is 9.58. The highest BCUT2D eigenvalue weighted by molar-refractivity contribution is 6.21. The van der Waals surface area contributed by atoms with Gasteiger partial charge in [-0.1, -0.05) is 13.8 Å². The molecule has 4 amide bonds. The highest BCUT2D eigenvalue weighted by Crippen LogP contribution is 2.49. The van der Waals surface area contributed by atoms with Crippen LogP contribution in [0.3, 0.4) is 0 Å². The van der Waals surface area contributed by atoms with E-state index in [1.165, 1.54) is 4.90 Å². The fraction of sp³-hybridized carbons (Fsp3) is 0.727. The highest BCUT2D eigenvalue weighted by Gasteiger charge is 2.62. The Bertz CT molecular complexity index is 356. The van der Waals surface area contributed by atoms with Gasteiger partial charge >= 0.3 is 6.03 Å². The number of barbiturate groups is 1. The Hall–Kier alpha value is -1.39. The normalized spacial score (nSPS) is 22.9. The molecule has 1 aliphatic heterocycles. The van der Waals surface area contributed by atoms with Crippen molar-refractivity contribution < 1.29 is 14.4 Å². The van der Waals surface area contributed by atoms with Gasteiger partial charge in [-0.25, -0.2) is 4.79 Å². The summed E-state index contributed by atoms with van der Waals surface area (Å²) < 4.78 is 0. The second-order valence-corrected chi connectivity index (χ2v) is 4.49. The van der Waals surface area contributed by atoms with Crippen LogP contribution in [0.25, 0.3) is 0 Å². The lowest BCUT2D eigenvalue weighted by atomic mass is 9.99. The Kier molecular flexibility index (Phi) is 2.48. The third-order valence-electron chi connectivity index (χ3n) is 3.56. The summed E-state index contributed by atoms with van der Waals surface area (Å²) in [5.41, 5.74) is -0.906. The van der Waals surface area contributed by atoms with Crippen LogP contribution in [0, 0.1) is 5.41 Å². The minimum absolute atomic E-state index is 0.0990. The number of amides is 4. The van der Waals surface area contributed by atoms with Gasteiger partial charge in [-0.2, -0.15) is 0 Å². The molecule has 2 aliphatic rings. The molecule has 0 unspecified atom stereocenters. The van der Waals surface area contributed by atoms with Gasteiger partial charge in [0.15, 0.2) is 0 Å². The Morgan fingerprint density at radius 3 is 2.25 bits per heavy atom. The van der Waals surface area contributed by atoms with E-state index in [4.69, 9.17) is 0 Å². The van der Waals surface area contributed by atoms with Crippen LogP contribution in [0.15, 0.2) is 0 Å². The number of urea groups is 1. The number of nitrogens with one attached hydrogen (secondary N) is 1. The number of rotatable bonds is 3. The summed E-state index contributed by atoms with van der Waals surface area (Å²) in [7, 11) is 0. The van der Waals surface area contributed by atoms with E-state index in [-0.39, 0.29) is 11.9 Å². The van der Waals surface area contributed by atoms with E-state index in [1.807, 2.05) is 13.8 Å². The van der Waals surface area contributed by atoms with Crippen molar-refractivity contribution in [2.24, 2.45) is 5.41 Å². The van der Waals surface area contributed by atoms with E-state index in [0.29, 0.717) is 12.8 Å². The topological polar surface area (TPSA) is 66.5 Å². The molecule has 0 aromatic rings. The molecule has 1 spiro atoms. The summed E-state index contributed by atoms with van der Waals surface area (Å²) in [6.45, 7) is 3.87. The maximum Gasteiger partial charge on any atom is 0.331 e. The Balaban J connectivity index is 2.28. The van der Waals surface area contributed by atoms with E-state index in [9.17, 15) is 14.4 Å². The zero-order valence-electron chi connectivity index (χ0n) is 9.58. The monoisotopic (exact) mass is 224 g/mol. The van der Waals surface area contributed by atoms with Crippen LogP contribution in [0.2, 0.25) is 0 Å². The van der Waals surface area contributed by atoms with E-state index < -0.39 is 17.4 Å². The van der Waals surface area contributed by atoms with Gasteiger partial charge in [0.25, 0.3) is 0 Å². The molecule has 5 heteroatoms. The van der Waals surface area contributed by atoms with Crippen molar-refractivity contribution in [3.05, 3.63) is 0 Å². The van der Waals surface area contributed by atoms with Crippen LogP contribution in [-0.2, 0) is 9.59 Å². The second kappa shape index (κ2) is 3.57. The summed E-state index contributed by atoms with van der Waals surface area (Å²) >= 11 is 0. The Morgan fingerprint density at radius 2 is 1.81 bits per heavy atom. The number of carbonyl (C=O) groups is 3. The number of imide groups is 2. The summed E-state index contributed by atoms with van der Waals surface area (Å²) in [6, 6.07) is -0.653. The molecule has 1 saturated heterocycles. The number of hydrogen-bond acceptors (Lipinski definition) is 3. The standard InChI is InChI=1S/C11H16N2O3/c1-3-7(4-2)13-9(15)11(5-6-11)8(14)12-10(13)16/h7H,3-6H2,1-2H3,(H,12,14,16). The third kappa shape index (κ3) is 1.34. The van der Waals surface area contributed by atoms with E-state index in [1.54, 1.807) is 0 Å². The molecule has 1 aliphatic carbocycles. The van der Waals surface area contributed by atoms with Crippen molar-refractivity contribution in [1.29, 1.82) is 0 Å². The fourth-order valence-electron chi connectivity index (χ4n) is 2.25. The van der Waals surface area contributed by atoms with Crippen LogP contribution in [0.5, 0.6) is 0 Å². The van der Waals surface area contributed by atoms with Gasteiger partial charge < -0.3 is 0 Å². The van der Waals surface area contributed by atoms with Crippen LogP contribution in [0.1, 0.15) is 39.5 Å². The lowest BCUT2D eigenvalue weighted by Crippen LogP contribution is -2.61. The highest BCUT2D eigenvalue weighted by atomic mass is 16.2. The number of carbonyl (C=O) groups excluding carboxylic acids is 3.